The number of rotatable bonds is 5. The zero-order chi connectivity index (χ0) is 19.6. The highest BCUT2D eigenvalue weighted by atomic mass is 19.1. The Bertz CT molecular complexity index is 989. The molecular weight excluding hydrogens is 355 g/mol. The maximum absolute atomic E-state index is 14.0. The first kappa shape index (κ1) is 18.6. The standard InChI is InChI=1S/C21H18F3NO2/c1-12-8-14(13-4-3-5-16(22)10-13)9-15(21(12)27-2)11-25-20-17(23)6-7-18(26)19(20)24/h3-10,25-26H,11H2,1-2H3. The molecule has 0 aliphatic heterocycles. The fourth-order valence-corrected chi connectivity index (χ4v) is 2.99. The second-order valence-corrected chi connectivity index (χ2v) is 6.10. The Morgan fingerprint density at radius 3 is 2.48 bits per heavy atom. The molecule has 0 radical (unpaired) electrons. The summed E-state index contributed by atoms with van der Waals surface area (Å²) in [6, 6.07) is 11.7. The molecule has 0 aliphatic carbocycles. The van der Waals surface area contributed by atoms with E-state index in [2.05, 4.69) is 5.32 Å². The molecule has 0 aliphatic rings. The lowest BCUT2D eigenvalue weighted by Crippen LogP contribution is -2.06. The Morgan fingerprint density at radius 2 is 1.78 bits per heavy atom. The van der Waals surface area contributed by atoms with Crippen molar-refractivity contribution >= 4 is 5.69 Å². The Kier molecular flexibility index (Phi) is 5.26. The van der Waals surface area contributed by atoms with Crippen LogP contribution in [0, 0.1) is 24.4 Å². The number of aromatic hydroxyl groups is 1. The van der Waals surface area contributed by atoms with Crippen molar-refractivity contribution in [3.8, 4) is 22.6 Å². The lowest BCUT2D eigenvalue weighted by molar-refractivity contribution is 0.407. The first-order chi connectivity index (χ1) is 12.9. The van der Waals surface area contributed by atoms with Gasteiger partial charge < -0.3 is 15.2 Å². The number of anilines is 1. The van der Waals surface area contributed by atoms with Gasteiger partial charge in [-0.25, -0.2) is 13.2 Å². The second-order valence-electron chi connectivity index (χ2n) is 6.10. The molecule has 3 nitrogen and oxygen atoms in total. The summed E-state index contributed by atoms with van der Waals surface area (Å²) in [5.41, 5.74) is 2.44. The molecule has 0 saturated carbocycles. The molecule has 27 heavy (non-hydrogen) atoms. The van der Waals surface area contributed by atoms with E-state index in [0.717, 1.165) is 23.3 Å². The van der Waals surface area contributed by atoms with Crippen LogP contribution in [0.3, 0.4) is 0 Å². The highest BCUT2D eigenvalue weighted by molar-refractivity contribution is 5.68. The van der Waals surface area contributed by atoms with Gasteiger partial charge >= 0.3 is 0 Å². The molecule has 0 saturated heterocycles. The van der Waals surface area contributed by atoms with Crippen molar-refractivity contribution in [2.75, 3.05) is 12.4 Å². The number of methoxy groups -OCH3 is 1. The molecule has 0 bridgehead atoms. The van der Waals surface area contributed by atoms with Gasteiger partial charge in [-0.15, -0.1) is 0 Å². The molecule has 0 atom stereocenters. The fraction of sp³-hybridized carbons (Fsp3) is 0.143. The zero-order valence-corrected chi connectivity index (χ0v) is 14.8. The Morgan fingerprint density at radius 1 is 1.00 bits per heavy atom. The van der Waals surface area contributed by atoms with Gasteiger partial charge in [-0.2, -0.15) is 0 Å². The quantitative estimate of drug-likeness (QED) is 0.629. The molecule has 0 aromatic heterocycles. The molecule has 0 unspecified atom stereocenters. The number of benzene rings is 3. The van der Waals surface area contributed by atoms with Crippen molar-refractivity contribution in [3.63, 3.8) is 0 Å². The molecule has 0 amide bonds. The second kappa shape index (κ2) is 7.61. The number of hydrogen-bond acceptors (Lipinski definition) is 3. The summed E-state index contributed by atoms with van der Waals surface area (Å²) in [5.74, 6) is -2.32. The summed E-state index contributed by atoms with van der Waals surface area (Å²) in [5, 5.41) is 12.1. The highest BCUT2D eigenvalue weighted by Gasteiger charge is 2.15. The van der Waals surface area contributed by atoms with E-state index >= 15 is 0 Å². The predicted octanol–water partition coefficient (Wildman–Crippen LogP) is 5.41. The molecule has 0 heterocycles. The molecule has 140 valence electrons. The first-order valence-corrected chi connectivity index (χ1v) is 8.25. The van der Waals surface area contributed by atoms with Crippen LogP contribution in [0.25, 0.3) is 11.1 Å². The molecule has 2 N–H and O–H groups in total. The van der Waals surface area contributed by atoms with Crippen molar-refractivity contribution in [1.82, 2.24) is 0 Å². The Hall–Kier alpha value is -3.15. The number of phenols is 1. The maximum Gasteiger partial charge on any atom is 0.190 e. The number of aryl methyl sites for hydroxylation is 1. The molecule has 3 aromatic rings. The molecule has 0 fully saturated rings. The lowest BCUT2D eigenvalue weighted by atomic mass is 9.99. The Labute approximate surface area is 155 Å². The number of hydrogen-bond donors (Lipinski definition) is 2. The summed E-state index contributed by atoms with van der Waals surface area (Å²) in [4.78, 5) is 0. The molecule has 3 aromatic carbocycles. The van der Waals surface area contributed by atoms with E-state index in [1.54, 1.807) is 18.2 Å². The van der Waals surface area contributed by atoms with Gasteiger partial charge in [0.25, 0.3) is 0 Å². The van der Waals surface area contributed by atoms with E-state index in [0.29, 0.717) is 16.9 Å². The van der Waals surface area contributed by atoms with Crippen LogP contribution in [-0.4, -0.2) is 12.2 Å². The van der Waals surface area contributed by atoms with Gasteiger partial charge in [0.1, 0.15) is 23.1 Å². The fourth-order valence-electron chi connectivity index (χ4n) is 2.99. The smallest absolute Gasteiger partial charge is 0.190 e. The van der Waals surface area contributed by atoms with Crippen molar-refractivity contribution in [1.29, 1.82) is 0 Å². The molecular formula is C21H18F3NO2. The van der Waals surface area contributed by atoms with Crippen LogP contribution in [-0.2, 0) is 6.54 Å². The average Bonchev–Trinajstić information content (AvgIpc) is 2.64. The van der Waals surface area contributed by atoms with Crippen LogP contribution in [0.1, 0.15) is 11.1 Å². The van der Waals surface area contributed by atoms with E-state index in [-0.39, 0.29) is 12.4 Å². The lowest BCUT2D eigenvalue weighted by Gasteiger charge is -2.16. The van der Waals surface area contributed by atoms with E-state index in [9.17, 15) is 18.3 Å². The third-order valence-electron chi connectivity index (χ3n) is 4.24. The maximum atomic E-state index is 14.0. The SMILES string of the molecule is COc1c(C)cc(-c2cccc(F)c2)cc1CNc1c(F)ccc(O)c1F. The first-order valence-electron chi connectivity index (χ1n) is 8.25. The van der Waals surface area contributed by atoms with Crippen molar-refractivity contribution in [2.45, 2.75) is 13.5 Å². The van der Waals surface area contributed by atoms with Crippen LogP contribution in [0.4, 0.5) is 18.9 Å². The largest absolute Gasteiger partial charge is 0.505 e. The minimum atomic E-state index is -1.06. The summed E-state index contributed by atoms with van der Waals surface area (Å²) in [7, 11) is 1.50. The topological polar surface area (TPSA) is 41.5 Å². The van der Waals surface area contributed by atoms with Crippen molar-refractivity contribution in [2.24, 2.45) is 0 Å². The summed E-state index contributed by atoms with van der Waals surface area (Å²) in [6.45, 7) is 1.88. The average molecular weight is 373 g/mol. The van der Waals surface area contributed by atoms with Crippen molar-refractivity contribution < 1.29 is 23.0 Å². The van der Waals surface area contributed by atoms with Crippen LogP contribution in [0.5, 0.6) is 11.5 Å². The zero-order valence-electron chi connectivity index (χ0n) is 14.8. The molecule has 6 heteroatoms. The van der Waals surface area contributed by atoms with Crippen molar-refractivity contribution in [3.05, 3.63) is 77.1 Å². The van der Waals surface area contributed by atoms with Gasteiger partial charge in [0.05, 0.1) is 7.11 Å². The van der Waals surface area contributed by atoms with Gasteiger partial charge in [0, 0.05) is 12.1 Å². The van der Waals surface area contributed by atoms with E-state index in [4.69, 9.17) is 4.74 Å². The van der Waals surface area contributed by atoms with Crippen LogP contribution >= 0.6 is 0 Å². The van der Waals surface area contributed by atoms with Gasteiger partial charge in [0.2, 0.25) is 0 Å². The third-order valence-corrected chi connectivity index (χ3v) is 4.24. The van der Waals surface area contributed by atoms with E-state index in [1.165, 1.54) is 19.2 Å². The van der Waals surface area contributed by atoms with Crippen LogP contribution in [0.15, 0.2) is 48.5 Å². The number of nitrogens with one attached hydrogen (secondary N) is 1. The van der Waals surface area contributed by atoms with Crippen LogP contribution < -0.4 is 10.1 Å². The number of halogens is 3. The Balaban J connectivity index is 1.98. The summed E-state index contributed by atoms with van der Waals surface area (Å²) in [6.07, 6.45) is 0. The monoisotopic (exact) mass is 373 g/mol. The molecule has 3 rings (SSSR count). The molecule has 0 spiro atoms. The van der Waals surface area contributed by atoms with Gasteiger partial charge in [0.15, 0.2) is 11.6 Å². The minimum Gasteiger partial charge on any atom is -0.505 e. The van der Waals surface area contributed by atoms with E-state index < -0.39 is 23.1 Å². The van der Waals surface area contributed by atoms with Gasteiger partial charge in [-0.3, -0.25) is 0 Å². The van der Waals surface area contributed by atoms with Gasteiger partial charge in [-0.05, 0) is 60.0 Å². The number of phenolic OH excluding ortho intramolecular Hbond substituents is 1. The van der Waals surface area contributed by atoms with Gasteiger partial charge in [-0.1, -0.05) is 12.1 Å². The van der Waals surface area contributed by atoms with Crippen LogP contribution in [0.2, 0.25) is 0 Å². The predicted molar refractivity (Wildman–Crippen MR) is 98.5 cm³/mol. The normalized spacial score (nSPS) is 10.7. The van der Waals surface area contributed by atoms with E-state index in [1.807, 2.05) is 13.0 Å². The highest BCUT2D eigenvalue weighted by Crippen LogP contribution is 2.33. The summed E-state index contributed by atoms with van der Waals surface area (Å²) < 4.78 is 46.9. The number of ether oxygens (including phenoxy) is 1. The minimum absolute atomic E-state index is 0.0461. The third kappa shape index (κ3) is 3.84. The summed E-state index contributed by atoms with van der Waals surface area (Å²) >= 11 is 0.